The van der Waals surface area contributed by atoms with Gasteiger partial charge < -0.3 is 5.73 Å². The highest BCUT2D eigenvalue weighted by atomic mass is 35.5. The lowest BCUT2D eigenvalue weighted by Gasteiger charge is -2.52. The van der Waals surface area contributed by atoms with Gasteiger partial charge in [-0.05, 0) is 62.8 Å². The molecule has 1 aromatic carbocycles. The Kier molecular flexibility index (Phi) is 5.34. The van der Waals surface area contributed by atoms with Gasteiger partial charge in [-0.1, -0.05) is 37.6 Å². The maximum Gasteiger partial charge on any atom is 0.0406 e. The van der Waals surface area contributed by atoms with Crippen LogP contribution in [0, 0.1) is 11.8 Å². The van der Waals surface area contributed by atoms with Crippen LogP contribution in [0.2, 0.25) is 5.02 Å². The Balaban J connectivity index is 2.23. The van der Waals surface area contributed by atoms with Crippen molar-refractivity contribution in [1.29, 1.82) is 0 Å². The van der Waals surface area contributed by atoms with Gasteiger partial charge in [-0.3, -0.25) is 4.90 Å². The minimum absolute atomic E-state index is 0.117. The number of halogens is 1. The molecular weight excluding hydrogens is 280 g/mol. The predicted octanol–water partition coefficient (Wildman–Crippen LogP) is 4.49. The first-order valence-electron chi connectivity index (χ1n) is 8.09. The Bertz CT molecular complexity index is 459. The van der Waals surface area contributed by atoms with E-state index < -0.39 is 0 Å². The Morgan fingerprint density at radius 2 is 1.95 bits per heavy atom. The first-order valence-corrected chi connectivity index (χ1v) is 8.47. The van der Waals surface area contributed by atoms with Crippen LogP contribution in [0.4, 0.5) is 0 Å². The molecule has 2 N–H and O–H groups in total. The zero-order valence-electron chi connectivity index (χ0n) is 13.8. The van der Waals surface area contributed by atoms with Gasteiger partial charge in [0.05, 0.1) is 0 Å². The van der Waals surface area contributed by atoms with Gasteiger partial charge in [-0.25, -0.2) is 0 Å². The second kappa shape index (κ2) is 6.68. The van der Waals surface area contributed by atoms with Gasteiger partial charge in [0.1, 0.15) is 0 Å². The normalized spacial score (nSPS) is 31.4. The van der Waals surface area contributed by atoms with Crippen molar-refractivity contribution >= 4 is 11.6 Å². The molecule has 3 heteroatoms. The standard InChI is InChI=1S/C18H29ClN2/c1-13-9-10-18(12-20,14(2)11-13)21(4)15(3)16-5-7-17(19)8-6-16/h5-8,13-15H,9-12,20H2,1-4H3. The van der Waals surface area contributed by atoms with Crippen molar-refractivity contribution in [2.24, 2.45) is 17.6 Å². The zero-order chi connectivity index (χ0) is 15.6. The van der Waals surface area contributed by atoms with Crippen LogP contribution in [0.1, 0.15) is 51.6 Å². The molecule has 2 nitrogen and oxygen atoms in total. The average Bonchev–Trinajstić information content (AvgIpc) is 2.47. The molecule has 1 aliphatic carbocycles. The maximum absolute atomic E-state index is 6.25. The summed E-state index contributed by atoms with van der Waals surface area (Å²) in [5.74, 6) is 1.45. The van der Waals surface area contributed by atoms with Gasteiger partial charge in [-0.2, -0.15) is 0 Å². The summed E-state index contributed by atoms with van der Waals surface area (Å²) in [6.07, 6.45) is 3.74. The molecule has 0 spiro atoms. The van der Waals surface area contributed by atoms with E-state index in [-0.39, 0.29) is 5.54 Å². The molecule has 0 aliphatic heterocycles. The quantitative estimate of drug-likeness (QED) is 0.888. The molecule has 1 aliphatic rings. The van der Waals surface area contributed by atoms with E-state index in [0.717, 1.165) is 17.5 Å². The fourth-order valence-electron chi connectivity index (χ4n) is 4.01. The molecule has 0 heterocycles. The van der Waals surface area contributed by atoms with E-state index in [1.54, 1.807) is 0 Å². The number of nitrogens with zero attached hydrogens (tertiary/aromatic N) is 1. The van der Waals surface area contributed by atoms with Crippen molar-refractivity contribution in [3.05, 3.63) is 34.9 Å². The van der Waals surface area contributed by atoms with Gasteiger partial charge >= 0.3 is 0 Å². The highest BCUT2D eigenvalue weighted by Gasteiger charge is 2.43. The molecular formula is C18H29ClN2. The third-order valence-electron chi connectivity index (χ3n) is 5.73. The first kappa shape index (κ1) is 16.8. The van der Waals surface area contributed by atoms with Crippen molar-refractivity contribution in [2.45, 2.75) is 51.6 Å². The predicted molar refractivity (Wildman–Crippen MR) is 91.6 cm³/mol. The van der Waals surface area contributed by atoms with Crippen molar-refractivity contribution in [2.75, 3.05) is 13.6 Å². The summed E-state index contributed by atoms with van der Waals surface area (Å²) >= 11 is 6.00. The Morgan fingerprint density at radius 1 is 1.33 bits per heavy atom. The molecule has 0 saturated heterocycles. The van der Waals surface area contributed by atoms with E-state index in [9.17, 15) is 0 Å². The van der Waals surface area contributed by atoms with Crippen molar-refractivity contribution in [3.8, 4) is 0 Å². The molecule has 2 rings (SSSR count). The van der Waals surface area contributed by atoms with E-state index >= 15 is 0 Å². The minimum atomic E-state index is 0.117. The van der Waals surface area contributed by atoms with Gasteiger partial charge in [0.25, 0.3) is 0 Å². The summed E-state index contributed by atoms with van der Waals surface area (Å²) in [6, 6.07) is 8.56. The lowest BCUT2D eigenvalue weighted by Crippen LogP contribution is -2.59. The van der Waals surface area contributed by atoms with E-state index in [1.165, 1.54) is 24.8 Å². The van der Waals surface area contributed by atoms with Crippen LogP contribution in [0.3, 0.4) is 0 Å². The lowest BCUT2D eigenvalue weighted by atomic mass is 9.68. The van der Waals surface area contributed by atoms with E-state index in [0.29, 0.717) is 12.0 Å². The monoisotopic (exact) mass is 308 g/mol. The molecule has 0 radical (unpaired) electrons. The van der Waals surface area contributed by atoms with Crippen molar-refractivity contribution in [1.82, 2.24) is 4.90 Å². The molecule has 0 aromatic heterocycles. The van der Waals surface area contributed by atoms with Gasteiger partial charge in [0, 0.05) is 23.1 Å². The molecule has 1 saturated carbocycles. The van der Waals surface area contributed by atoms with Crippen molar-refractivity contribution in [3.63, 3.8) is 0 Å². The Labute approximate surface area is 134 Å². The number of likely N-dealkylation sites (N-methyl/N-ethyl adjacent to an activating group) is 1. The SMILES string of the molecule is CC1CCC(CN)(N(C)C(C)c2ccc(Cl)cc2)C(C)C1. The Hall–Kier alpha value is -0.570. The van der Waals surface area contributed by atoms with Crippen LogP contribution >= 0.6 is 11.6 Å². The average molecular weight is 309 g/mol. The number of benzene rings is 1. The van der Waals surface area contributed by atoms with Gasteiger partial charge in [0.2, 0.25) is 0 Å². The fraction of sp³-hybridized carbons (Fsp3) is 0.667. The highest BCUT2D eigenvalue weighted by Crippen LogP contribution is 2.42. The molecule has 0 bridgehead atoms. The van der Waals surface area contributed by atoms with Gasteiger partial charge in [-0.15, -0.1) is 0 Å². The summed E-state index contributed by atoms with van der Waals surface area (Å²) in [4.78, 5) is 2.51. The number of nitrogens with two attached hydrogens (primary N) is 1. The van der Waals surface area contributed by atoms with Crippen LogP contribution in [-0.2, 0) is 0 Å². The summed E-state index contributed by atoms with van der Waals surface area (Å²) in [5, 5.41) is 0.794. The highest BCUT2D eigenvalue weighted by molar-refractivity contribution is 6.30. The van der Waals surface area contributed by atoms with Crippen LogP contribution in [-0.4, -0.2) is 24.0 Å². The van der Waals surface area contributed by atoms with Crippen LogP contribution in [0.5, 0.6) is 0 Å². The topological polar surface area (TPSA) is 29.3 Å². The number of hydrogen-bond acceptors (Lipinski definition) is 2. The minimum Gasteiger partial charge on any atom is -0.329 e. The van der Waals surface area contributed by atoms with Crippen molar-refractivity contribution < 1.29 is 0 Å². The molecule has 118 valence electrons. The Morgan fingerprint density at radius 3 is 2.48 bits per heavy atom. The molecule has 1 fully saturated rings. The largest absolute Gasteiger partial charge is 0.329 e. The van der Waals surface area contributed by atoms with Gasteiger partial charge in [0.15, 0.2) is 0 Å². The maximum atomic E-state index is 6.25. The number of rotatable bonds is 4. The zero-order valence-corrected chi connectivity index (χ0v) is 14.5. The van der Waals surface area contributed by atoms with Crippen LogP contribution in [0.25, 0.3) is 0 Å². The summed E-state index contributed by atoms with van der Waals surface area (Å²) in [5.41, 5.74) is 7.67. The lowest BCUT2D eigenvalue weighted by molar-refractivity contribution is -0.00636. The second-order valence-corrected chi connectivity index (χ2v) is 7.36. The summed E-state index contributed by atoms with van der Waals surface area (Å²) in [7, 11) is 2.23. The molecule has 4 unspecified atom stereocenters. The van der Waals surface area contributed by atoms with E-state index in [4.69, 9.17) is 17.3 Å². The molecule has 21 heavy (non-hydrogen) atoms. The number of hydrogen-bond donors (Lipinski definition) is 1. The second-order valence-electron chi connectivity index (χ2n) is 6.93. The molecule has 0 amide bonds. The van der Waals surface area contributed by atoms with E-state index in [1.807, 2.05) is 12.1 Å². The van der Waals surface area contributed by atoms with E-state index in [2.05, 4.69) is 44.9 Å². The molecule has 1 aromatic rings. The van der Waals surface area contributed by atoms with Crippen LogP contribution < -0.4 is 5.73 Å². The fourth-order valence-corrected chi connectivity index (χ4v) is 4.13. The summed E-state index contributed by atoms with van der Waals surface area (Å²) < 4.78 is 0. The third kappa shape index (κ3) is 3.28. The third-order valence-corrected chi connectivity index (χ3v) is 5.98. The first-order chi connectivity index (χ1) is 9.90. The molecule has 4 atom stereocenters. The van der Waals surface area contributed by atoms with Crippen LogP contribution in [0.15, 0.2) is 24.3 Å². The summed E-state index contributed by atoms with van der Waals surface area (Å²) in [6.45, 7) is 7.73. The smallest absolute Gasteiger partial charge is 0.0406 e.